The molecule has 7 aromatic rings. The van der Waals surface area contributed by atoms with Crippen molar-refractivity contribution < 1.29 is 49.0 Å². The molecule has 0 aromatic heterocycles. The van der Waals surface area contributed by atoms with Crippen LogP contribution in [0.2, 0.25) is 0 Å². The van der Waals surface area contributed by atoms with Crippen molar-refractivity contribution in [2.45, 2.75) is 13.8 Å². The fraction of sp³-hybridized carbons (Fsp3) is 0.0541. The van der Waals surface area contributed by atoms with Crippen LogP contribution < -0.4 is 24.8 Å². The molecule has 0 radical (unpaired) electrons. The van der Waals surface area contributed by atoms with Gasteiger partial charge in [0.05, 0.1) is 0 Å². The summed E-state index contributed by atoms with van der Waals surface area (Å²) in [5.41, 5.74) is 5.24. The average Bonchev–Trinajstić information content (AvgIpc) is 3.63. The van der Waals surface area contributed by atoms with E-state index in [9.17, 15) is 0 Å². The first-order valence-corrected chi connectivity index (χ1v) is 14.2. The van der Waals surface area contributed by atoms with Gasteiger partial charge in [0.1, 0.15) is 0 Å². The summed E-state index contributed by atoms with van der Waals surface area (Å²) in [6.45, 7) is 4.25. The van der Waals surface area contributed by atoms with E-state index in [1.54, 1.807) is 24.2 Å². The predicted octanol–water partition coefficient (Wildman–Crippen LogP) is 4.36. The molecule has 40 heavy (non-hydrogen) atoms. The molecule has 0 N–H and O–H groups in total. The zero-order valence-corrected chi connectivity index (χ0v) is 26.6. The van der Waals surface area contributed by atoms with Gasteiger partial charge < -0.3 is 24.8 Å². The largest absolute Gasteiger partial charge is 1.00 e. The van der Waals surface area contributed by atoms with E-state index in [2.05, 4.69) is 159 Å². The molecule has 0 heterocycles. The number of halogens is 2. The van der Waals surface area contributed by atoms with Gasteiger partial charge in [0.2, 0.25) is 0 Å². The van der Waals surface area contributed by atoms with E-state index in [1.807, 2.05) is 0 Å². The zero-order chi connectivity index (χ0) is 26.3. The molecular formula is C37H30Cl2Zr-2. The van der Waals surface area contributed by atoms with Crippen LogP contribution in [0.25, 0.3) is 54.6 Å². The molecule has 0 unspecified atom stereocenters. The average molecular weight is 637 g/mol. The van der Waals surface area contributed by atoms with Gasteiger partial charge in [-0.1, -0.05) is 96.1 Å². The smallest absolute Gasteiger partial charge is 0.0114 e. The molecule has 0 aliphatic carbocycles. The van der Waals surface area contributed by atoms with Crippen molar-refractivity contribution in [2.24, 2.45) is 0 Å². The van der Waals surface area contributed by atoms with Gasteiger partial charge in [-0.05, 0) is 21.9 Å². The first kappa shape index (κ1) is 31.4. The Labute approximate surface area is 264 Å². The van der Waals surface area contributed by atoms with Gasteiger partial charge >= 0.3 is 41.3 Å². The molecule has 0 nitrogen and oxygen atoms in total. The van der Waals surface area contributed by atoms with Crippen molar-refractivity contribution in [3.05, 3.63) is 146 Å². The summed E-state index contributed by atoms with van der Waals surface area (Å²) in [5, 5.41) is 7.91. The molecule has 0 aliphatic heterocycles. The molecule has 0 bridgehead atoms. The van der Waals surface area contributed by atoms with E-state index >= 15 is 0 Å². The van der Waals surface area contributed by atoms with Gasteiger partial charge in [-0.15, -0.1) is 57.9 Å². The molecule has 0 atom stereocenters. The van der Waals surface area contributed by atoms with Gasteiger partial charge in [-0.2, -0.15) is 24.3 Å². The minimum absolute atomic E-state index is 0. The third-order valence-electron chi connectivity index (χ3n) is 6.52. The number of benzene rings is 5. The number of hydrogen-bond donors (Lipinski definition) is 0. The van der Waals surface area contributed by atoms with Crippen LogP contribution in [0.5, 0.6) is 0 Å². The second kappa shape index (κ2) is 15.1. The molecule has 0 aliphatic rings. The Hall–Kier alpha value is -3.09. The normalized spacial score (nSPS) is 10.0. The molecule has 0 saturated carbocycles. The fourth-order valence-electron chi connectivity index (χ4n) is 4.89. The Bertz CT molecular complexity index is 1800. The van der Waals surface area contributed by atoms with Crippen LogP contribution in [0, 0.1) is 0 Å². The van der Waals surface area contributed by atoms with Crippen LogP contribution >= 0.6 is 0 Å². The zero-order valence-electron chi connectivity index (χ0n) is 22.6. The summed E-state index contributed by atoms with van der Waals surface area (Å²) in [6.07, 6.45) is 0. The van der Waals surface area contributed by atoms with Gasteiger partial charge in [-0.3, -0.25) is 0 Å². The summed E-state index contributed by atoms with van der Waals surface area (Å²) in [5.74, 6) is 0. The second-order valence-electron chi connectivity index (χ2n) is 9.56. The summed E-state index contributed by atoms with van der Waals surface area (Å²) in [4.78, 5) is 0. The maximum absolute atomic E-state index is 2.21. The van der Waals surface area contributed by atoms with Crippen molar-refractivity contribution in [1.29, 1.82) is 0 Å². The molecule has 7 rings (SSSR count). The summed E-state index contributed by atoms with van der Waals surface area (Å²) >= 11 is 1.55. The Morgan fingerprint density at radius 2 is 0.925 bits per heavy atom. The van der Waals surface area contributed by atoms with Crippen LogP contribution in [0.3, 0.4) is 0 Å². The third kappa shape index (κ3) is 7.35. The third-order valence-corrected chi connectivity index (χ3v) is 6.52. The van der Waals surface area contributed by atoms with Crippen LogP contribution in [0.15, 0.2) is 146 Å². The topological polar surface area (TPSA) is 0 Å². The Balaban J connectivity index is 0.000000190. The molecule has 0 spiro atoms. The van der Waals surface area contributed by atoms with Crippen molar-refractivity contribution in [3.8, 4) is 22.3 Å². The first-order valence-electron chi connectivity index (χ1n) is 13.0. The molecular weight excluding hydrogens is 607 g/mol. The van der Waals surface area contributed by atoms with Crippen molar-refractivity contribution in [1.82, 2.24) is 0 Å². The predicted molar refractivity (Wildman–Crippen MR) is 164 cm³/mol. The maximum atomic E-state index is 2.21. The minimum atomic E-state index is 0. The van der Waals surface area contributed by atoms with Crippen molar-refractivity contribution >= 4 is 35.5 Å². The molecule has 3 heteroatoms. The molecule has 0 saturated heterocycles. The van der Waals surface area contributed by atoms with Crippen molar-refractivity contribution in [2.75, 3.05) is 0 Å². The second-order valence-corrected chi connectivity index (χ2v) is 12.0. The number of hydrogen-bond acceptors (Lipinski definition) is 0. The van der Waals surface area contributed by atoms with Gasteiger partial charge in [0, 0.05) is 0 Å². The van der Waals surface area contributed by atoms with E-state index in [4.69, 9.17) is 0 Å². The monoisotopic (exact) mass is 634 g/mol. The van der Waals surface area contributed by atoms with E-state index in [-0.39, 0.29) is 24.8 Å². The summed E-state index contributed by atoms with van der Waals surface area (Å²) in [6, 6.07) is 51.5. The Kier molecular flexibility index (Phi) is 11.8. The Morgan fingerprint density at radius 1 is 0.475 bits per heavy atom. The van der Waals surface area contributed by atoms with Crippen molar-refractivity contribution in [3.63, 3.8) is 0 Å². The van der Waals surface area contributed by atoms with E-state index < -0.39 is 0 Å². The molecule has 0 amide bonds. The minimum Gasteiger partial charge on any atom is -1.00 e. The van der Waals surface area contributed by atoms with Gasteiger partial charge in [0.15, 0.2) is 0 Å². The summed E-state index contributed by atoms with van der Waals surface area (Å²) < 4.78 is 1.51. The van der Waals surface area contributed by atoms with E-state index in [0.717, 1.165) is 0 Å². The van der Waals surface area contributed by atoms with Gasteiger partial charge in [0.25, 0.3) is 0 Å². The number of rotatable bonds is 2. The molecule has 0 fully saturated rings. The standard InChI is InChI=1S/C19H13.C15H11.C3H6.2ClH.Zr/c1-2-10-16-14(6-1)8-4-12-18(16)19-13-5-9-15-7-3-11-17(15)19;1-2-6-12(7-3-1)14-10-4-8-13-9-5-11-15(13)14;1-3-2;;;/h1-13H;1-11H;1-2H3;2*1H;/q2*-1;;;;+2/p-2. The first-order chi connectivity index (χ1) is 18.6. The maximum Gasteiger partial charge on any atom is -0.0114 e. The fourth-order valence-corrected chi connectivity index (χ4v) is 4.89. The summed E-state index contributed by atoms with van der Waals surface area (Å²) in [7, 11) is 0. The van der Waals surface area contributed by atoms with E-state index in [1.165, 1.54) is 57.8 Å². The number of fused-ring (bicyclic) bond motifs is 3. The van der Waals surface area contributed by atoms with Crippen LogP contribution in [-0.2, 0) is 24.2 Å². The Morgan fingerprint density at radius 3 is 1.55 bits per heavy atom. The quantitative estimate of drug-likeness (QED) is 0.248. The molecule has 198 valence electrons. The van der Waals surface area contributed by atoms with Crippen LogP contribution in [0.4, 0.5) is 0 Å². The van der Waals surface area contributed by atoms with Crippen LogP contribution in [-0.4, -0.2) is 3.21 Å². The van der Waals surface area contributed by atoms with Gasteiger partial charge in [-0.25, -0.2) is 0 Å². The molecule has 7 aromatic carbocycles. The van der Waals surface area contributed by atoms with Crippen LogP contribution in [0.1, 0.15) is 13.8 Å². The van der Waals surface area contributed by atoms with E-state index in [0.29, 0.717) is 0 Å². The SMILES string of the molecule is C[C](C)=[Zr+2].[Cl-].[Cl-].c1ccc(-c2cccc3[cH-]ccc23)cc1.c1ccc2c(-c3cccc4[cH-]ccc34)cccc2c1.